The van der Waals surface area contributed by atoms with Crippen LogP contribution in [0.4, 0.5) is 8.78 Å². The van der Waals surface area contributed by atoms with Crippen molar-refractivity contribution >= 4 is 17.7 Å². The van der Waals surface area contributed by atoms with Crippen molar-refractivity contribution in [3.8, 4) is 0 Å². The second-order valence-electron chi connectivity index (χ2n) is 12.5. The lowest BCUT2D eigenvalue weighted by molar-refractivity contribution is -0.144. The van der Waals surface area contributed by atoms with Crippen LogP contribution in [0.25, 0.3) is 0 Å². The highest BCUT2D eigenvalue weighted by molar-refractivity contribution is 5.96. The molecule has 0 radical (unpaired) electrons. The zero-order valence-corrected chi connectivity index (χ0v) is 27.3. The van der Waals surface area contributed by atoms with E-state index >= 15 is 0 Å². The van der Waals surface area contributed by atoms with Gasteiger partial charge in [0.25, 0.3) is 0 Å². The summed E-state index contributed by atoms with van der Waals surface area (Å²) in [5, 5.41) is 20.4. The zero-order chi connectivity index (χ0) is 34.0. The van der Waals surface area contributed by atoms with Crippen LogP contribution in [0.2, 0.25) is 0 Å². The van der Waals surface area contributed by atoms with E-state index in [0.717, 1.165) is 17.2 Å². The smallest absolute Gasteiger partial charge is 0.249 e. The summed E-state index contributed by atoms with van der Waals surface area (Å²) in [6, 6.07) is 20.8. The van der Waals surface area contributed by atoms with E-state index in [1.807, 2.05) is 74.5 Å². The molecule has 1 aliphatic rings. The third kappa shape index (κ3) is 9.45. The van der Waals surface area contributed by atoms with Gasteiger partial charge in [-0.25, -0.2) is 8.78 Å². The van der Waals surface area contributed by atoms with E-state index < -0.39 is 41.3 Å². The molecule has 4 N–H and O–H groups in total. The number of hydrogen-bond acceptors (Lipinski definition) is 5. The molecular weight excluding hydrogens is 602 g/mol. The van der Waals surface area contributed by atoms with E-state index in [-0.39, 0.29) is 30.8 Å². The molecule has 1 heterocycles. The van der Waals surface area contributed by atoms with Crippen molar-refractivity contribution in [3.63, 3.8) is 0 Å². The number of benzene rings is 3. The number of likely N-dealkylation sites (tertiary alicyclic amines) is 1. The Labute approximate surface area is 275 Å². The monoisotopic (exact) mass is 648 g/mol. The van der Waals surface area contributed by atoms with E-state index in [0.29, 0.717) is 44.2 Å². The highest BCUT2D eigenvalue weighted by Gasteiger charge is 2.53. The fraction of sp³-hybridized carbons (Fsp3) is 0.432. The molecule has 1 fully saturated rings. The third-order valence-corrected chi connectivity index (χ3v) is 9.17. The molecular formula is C37H46F2N4O4. The summed E-state index contributed by atoms with van der Waals surface area (Å²) in [4.78, 5) is 42.3. The molecule has 0 aromatic heterocycles. The first-order chi connectivity index (χ1) is 22.5. The fourth-order valence-electron chi connectivity index (χ4n) is 6.44. The summed E-state index contributed by atoms with van der Waals surface area (Å²) in [6.07, 6.45) is 1.18. The molecule has 1 aliphatic heterocycles. The predicted octanol–water partition coefficient (Wildman–Crippen LogP) is 4.30. The van der Waals surface area contributed by atoms with Crippen molar-refractivity contribution in [3.05, 3.63) is 107 Å². The van der Waals surface area contributed by atoms with Crippen molar-refractivity contribution in [2.24, 2.45) is 5.92 Å². The van der Waals surface area contributed by atoms with Crippen LogP contribution in [0.5, 0.6) is 0 Å². The Hall–Kier alpha value is -4.15. The Bertz CT molecular complexity index is 1470. The Morgan fingerprint density at radius 3 is 2.17 bits per heavy atom. The molecule has 8 nitrogen and oxygen atoms in total. The van der Waals surface area contributed by atoms with Gasteiger partial charge in [0.2, 0.25) is 17.7 Å². The van der Waals surface area contributed by atoms with Crippen LogP contribution in [0.15, 0.2) is 78.9 Å². The first kappa shape index (κ1) is 35.7. The van der Waals surface area contributed by atoms with Gasteiger partial charge in [-0.2, -0.15) is 0 Å². The molecule has 252 valence electrons. The van der Waals surface area contributed by atoms with Crippen LogP contribution >= 0.6 is 0 Å². The summed E-state index contributed by atoms with van der Waals surface area (Å²) in [5.74, 6) is -2.50. The van der Waals surface area contributed by atoms with Gasteiger partial charge in [0.1, 0.15) is 23.2 Å². The standard InChI is InChI=1S/C37H46F2N4O4/c1-4-25(2)37(42-26(3)44)17-18-43(36(37)47)33(16-15-27-11-7-5-8-12-27)35(46)41-32(21-28-13-9-6-10-14-28)34(45)24-40-23-29-19-30(38)22-31(39)20-29/h5-14,19-20,22,25,32-34,40,45H,4,15-18,21,23-24H2,1-3H3,(H,41,46)(H,42,44)/t25-,32-,33-,34+,37-/m0/s1. The molecule has 0 aliphatic carbocycles. The summed E-state index contributed by atoms with van der Waals surface area (Å²) in [6.45, 7) is 5.75. The Kier molecular flexibility index (Phi) is 12.6. The number of hydrogen-bond donors (Lipinski definition) is 4. The van der Waals surface area contributed by atoms with Gasteiger partial charge >= 0.3 is 0 Å². The van der Waals surface area contributed by atoms with Crippen molar-refractivity contribution in [2.45, 2.75) is 83.1 Å². The Morgan fingerprint density at radius 1 is 0.957 bits per heavy atom. The van der Waals surface area contributed by atoms with Gasteiger partial charge in [-0.05, 0) is 60.4 Å². The summed E-state index contributed by atoms with van der Waals surface area (Å²) < 4.78 is 27.4. The van der Waals surface area contributed by atoms with Crippen molar-refractivity contribution < 1.29 is 28.3 Å². The van der Waals surface area contributed by atoms with Crippen LogP contribution in [0.3, 0.4) is 0 Å². The van der Waals surface area contributed by atoms with Crippen LogP contribution in [-0.4, -0.2) is 64.5 Å². The van der Waals surface area contributed by atoms with Gasteiger partial charge in [0.05, 0.1) is 12.1 Å². The van der Waals surface area contributed by atoms with E-state index in [2.05, 4.69) is 16.0 Å². The number of rotatable bonds is 16. The SMILES string of the molecule is CC[C@H](C)[C@@]1(NC(C)=O)CCN([C@@H](CCc2ccccc2)C(=O)N[C@@H](Cc2ccccc2)[C@H](O)CNCc2cc(F)cc(F)c2)C1=O. The second-order valence-corrected chi connectivity index (χ2v) is 12.5. The van der Waals surface area contributed by atoms with E-state index in [1.165, 1.54) is 19.1 Å². The molecule has 0 spiro atoms. The first-order valence-corrected chi connectivity index (χ1v) is 16.3. The van der Waals surface area contributed by atoms with Gasteiger partial charge in [-0.15, -0.1) is 0 Å². The highest BCUT2D eigenvalue weighted by atomic mass is 19.1. The summed E-state index contributed by atoms with van der Waals surface area (Å²) in [7, 11) is 0. The van der Waals surface area contributed by atoms with Gasteiger partial charge in [-0.1, -0.05) is 80.9 Å². The summed E-state index contributed by atoms with van der Waals surface area (Å²) in [5.41, 5.74) is 1.19. The average molecular weight is 649 g/mol. The first-order valence-electron chi connectivity index (χ1n) is 16.3. The molecule has 0 unspecified atom stereocenters. The van der Waals surface area contributed by atoms with E-state index in [9.17, 15) is 28.3 Å². The lowest BCUT2D eigenvalue weighted by Gasteiger charge is -2.36. The maximum atomic E-state index is 14.2. The number of amides is 3. The topological polar surface area (TPSA) is 111 Å². The number of aryl methyl sites for hydroxylation is 1. The van der Waals surface area contributed by atoms with Crippen LogP contribution in [0, 0.1) is 17.6 Å². The molecule has 10 heteroatoms. The predicted molar refractivity (Wildman–Crippen MR) is 177 cm³/mol. The number of carbonyl (C=O) groups excluding carboxylic acids is 3. The molecule has 0 bridgehead atoms. The highest BCUT2D eigenvalue weighted by Crippen LogP contribution is 2.34. The molecule has 5 atom stereocenters. The largest absolute Gasteiger partial charge is 0.390 e. The molecule has 3 aromatic rings. The minimum Gasteiger partial charge on any atom is -0.390 e. The van der Waals surface area contributed by atoms with Crippen molar-refractivity contribution in [2.75, 3.05) is 13.1 Å². The normalized spacial score (nSPS) is 18.8. The lowest BCUT2D eigenvalue weighted by atomic mass is 9.81. The maximum absolute atomic E-state index is 14.2. The number of aliphatic hydroxyl groups is 1. The minimum absolute atomic E-state index is 0.0346. The van der Waals surface area contributed by atoms with Crippen molar-refractivity contribution in [1.82, 2.24) is 20.9 Å². The quantitative estimate of drug-likeness (QED) is 0.185. The van der Waals surface area contributed by atoms with E-state index in [1.54, 1.807) is 4.90 Å². The van der Waals surface area contributed by atoms with Crippen LogP contribution in [0.1, 0.15) is 56.7 Å². The zero-order valence-electron chi connectivity index (χ0n) is 27.3. The van der Waals surface area contributed by atoms with Gasteiger partial charge in [-0.3, -0.25) is 14.4 Å². The molecule has 0 saturated carbocycles. The molecule has 4 rings (SSSR count). The van der Waals surface area contributed by atoms with Gasteiger partial charge < -0.3 is 26.0 Å². The number of nitrogens with zero attached hydrogens (tertiary/aromatic N) is 1. The van der Waals surface area contributed by atoms with E-state index in [4.69, 9.17) is 0 Å². The Balaban J connectivity index is 1.57. The number of aliphatic hydroxyl groups excluding tert-OH is 1. The molecule has 3 aromatic carbocycles. The van der Waals surface area contributed by atoms with Crippen molar-refractivity contribution in [1.29, 1.82) is 0 Å². The minimum atomic E-state index is -1.10. The molecule has 3 amide bonds. The third-order valence-electron chi connectivity index (χ3n) is 9.17. The number of carbonyl (C=O) groups is 3. The lowest BCUT2D eigenvalue weighted by Crippen LogP contribution is -2.60. The maximum Gasteiger partial charge on any atom is 0.249 e. The van der Waals surface area contributed by atoms with Crippen LogP contribution in [-0.2, 0) is 33.8 Å². The fourth-order valence-corrected chi connectivity index (χ4v) is 6.44. The average Bonchev–Trinajstić information content (AvgIpc) is 3.36. The van der Waals surface area contributed by atoms with Gasteiger partial charge in [0, 0.05) is 32.6 Å². The van der Waals surface area contributed by atoms with Gasteiger partial charge in [0.15, 0.2) is 0 Å². The second kappa shape index (κ2) is 16.6. The summed E-state index contributed by atoms with van der Waals surface area (Å²) >= 11 is 0. The van der Waals surface area contributed by atoms with Crippen LogP contribution < -0.4 is 16.0 Å². The Morgan fingerprint density at radius 2 is 1.57 bits per heavy atom. The molecule has 47 heavy (non-hydrogen) atoms. The number of nitrogens with one attached hydrogen (secondary N) is 3. The number of halogens is 2. The molecule has 1 saturated heterocycles.